The van der Waals surface area contributed by atoms with Crippen LogP contribution in [0.1, 0.15) is 49.8 Å². The van der Waals surface area contributed by atoms with E-state index in [1.54, 1.807) is 0 Å². The van der Waals surface area contributed by atoms with Crippen molar-refractivity contribution in [3.63, 3.8) is 0 Å². The van der Waals surface area contributed by atoms with Gasteiger partial charge in [0.2, 0.25) is 0 Å². The van der Waals surface area contributed by atoms with Crippen molar-refractivity contribution in [3.8, 4) is 0 Å². The molecule has 0 aromatic heterocycles. The third-order valence-electron chi connectivity index (χ3n) is 4.74. The van der Waals surface area contributed by atoms with Crippen molar-refractivity contribution < 1.29 is 0 Å². The Balaban J connectivity index is 1.81. The van der Waals surface area contributed by atoms with Crippen LogP contribution in [0.5, 0.6) is 0 Å². The number of benzene rings is 1. The number of aryl methyl sites for hydroxylation is 2. The molecule has 1 aliphatic heterocycles. The second kappa shape index (κ2) is 7.95. The number of piperidine rings is 1. The van der Waals surface area contributed by atoms with E-state index >= 15 is 0 Å². The fourth-order valence-electron chi connectivity index (χ4n) is 3.57. The summed E-state index contributed by atoms with van der Waals surface area (Å²) in [5.41, 5.74) is 4.25. The van der Waals surface area contributed by atoms with Crippen molar-refractivity contribution in [1.29, 1.82) is 0 Å². The third-order valence-corrected chi connectivity index (χ3v) is 4.74. The van der Waals surface area contributed by atoms with Gasteiger partial charge in [-0.2, -0.15) is 0 Å². The SMILES string of the molecule is CCCNC(C)C1CCN(Cc2cc(C)cc(C)c2)CC1. The van der Waals surface area contributed by atoms with Crippen molar-refractivity contribution >= 4 is 0 Å². The summed E-state index contributed by atoms with van der Waals surface area (Å²) in [7, 11) is 0. The average Bonchev–Trinajstić information content (AvgIpc) is 2.44. The van der Waals surface area contributed by atoms with Gasteiger partial charge in [0, 0.05) is 12.6 Å². The van der Waals surface area contributed by atoms with Gasteiger partial charge in [0.1, 0.15) is 0 Å². The second-order valence-corrected chi connectivity index (χ2v) is 6.85. The van der Waals surface area contributed by atoms with E-state index in [-0.39, 0.29) is 0 Å². The van der Waals surface area contributed by atoms with Gasteiger partial charge in [-0.1, -0.05) is 36.2 Å². The van der Waals surface area contributed by atoms with Crippen LogP contribution < -0.4 is 5.32 Å². The van der Waals surface area contributed by atoms with E-state index < -0.39 is 0 Å². The summed E-state index contributed by atoms with van der Waals surface area (Å²) in [6.07, 6.45) is 3.90. The molecular formula is C19H32N2. The highest BCUT2D eigenvalue weighted by molar-refractivity contribution is 5.28. The Morgan fingerprint density at radius 1 is 1.14 bits per heavy atom. The Morgan fingerprint density at radius 2 is 1.76 bits per heavy atom. The normalized spacial score (nSPS) is 18.9. The summed E-state index contributed by atoms with van der Waals surface area (Å²) in [6, 6.07) is 7.61. The van der Waals surface area contributed by atoms with Crippen molar-refractivity contribution in [2.75, 3.05) is 19.6 Å². The minimum absolute atomic E-state index is 0.674. The first-order valence-corrected chi connectivity index (χ1v) is 8.61. The molecule has 0 bridgehead atoms. The molecule has 1 aliphatic rings. The molecule has 0 radical (unpaired) electrons. The smallest absolute Gasteiger partial charge is 0.0233 e. The molecule has 0 saturated carbocycles. The van der Waals surface area contributed by atoms with E-state index in [0.29, 0.717) is 6.04 Å². The molecule has 1 heterocycles. The lowest BCUT2D eigenvalue weighted by Crippen LogP contribution is -2.41. The van der Waals surface area contributed by atoms with E-state index in [9.17, 15) is 0 Å². The average molecular weight is 288 g/mol. The lowest BCUT2D eigenvalue weighted by molar-refractivity contribution is 0.156. The molecule has 2 heteroatoms. The number of rotatable bonds is 6. The Bertz CT molecular complexity index is 413. The molecule has 0 aliphatic carbocycles. The molecule has 1 N–H and O–H groups in total. The van der Waals surface area contributed by atoms with Crippen LogP contribution in [0, 0.1) is 19.8 Å². The zero-order valence-corrected chi connectivity index (χ0v) is 14.3. The van der Waals surface area contributed by atoms with Gasteiger partial charge >= 0.3 is 0 Å². The summed E-state index contributed by atoms with van der Waals surface area (Å²) in [5.74, 6) is 0.854. The Kier molecular flexibility index (Phi) is 6.25. The van der Waals surface area contributed by atoms with Crippen molar-refractivity contribution in [1.82, 2.24) is 10.2 Å². The third kappa shape index (κ3) is 5.12. The maximum absolute atomic E-state index is 3.66. The second-order valence-electron chi connectivity index (χ2n) is 6.85. The minimum atomic E-state index is 0.674. The summed E-state index contributed by atoms with van der Waals surface area (Å²) in [6.45, 7) is 13.8. The van der Waals surface area contributed by atoms with Crippen LogP contribution in [0.4, 0.5) is 0 Å². The van der Waals surface area contributed by atoms with Gasteiger partial charge in [-0.05, 0) is 71.1 Å². The maximum atomic E-state index is 3.66. The van der Waals surface area contributed by atoms with Gasteiger partial charge in [-0.15, -0.1) is 0 Å². The minimum Gasteiger partial charge on any atom is -0.314 e. The molecule has 1 aromatic rings. The number of hydrogen-bond donors (Lipinski definition) is 1. The highest BCUT2D eigenvalue weighted by Gasteiger charge is 2.23. The zero-order valence-electron chi connectivity index (χ0n) is 14.3. The fraction of sp³-hybridized carbons (Fsp3) is 0.684. The van der Waals surface area contributed by atoms with Gasteiger partial charge in [0.25, 0.3) is 0 Å². The standard InChI is InChI=1S/C19H32N2/c1-5-8-20-17(4)19-6-9-21(10-7-19)14-18-12-15(2)11-16(3)13-18/h11-13,17,19-20H,5-10,14H2,1-4H3. The molecule has 1 unspecified atom stereocenters. The zero-order chi connectivity index (χ0) is 15.2. The van der Waals surface area contributed by atoms with Crippen LogP contribution in [-0.4, -0.2) is 30.6 Å². The van der Waals surface area contributed by atoms with Crippen LogP contribution in [0.25, 0.3) is 0 Å². The van der Waals surface area contributed by atoms with Crippen molar-refractivity contribution in [2.24, 2.45) is 5.92 Å². The summed E-state index contributed by atoms with van der Waals surface area (Å²) < 4.78 is 0. The number of hydrogen-bond acceptors (Lipinski definition) is 2. The van der Waals surface area contributed by atoms with Crippen molar-refractivity contribution in [2.45, 2.75) is 59.5 Å². The molecule has 1 saturated heterocycles. The monoisotopic (exact) mass is 288 g/mol. The van der Waals surface area contributed by atoms with Crippen molar-refractivity contribution in [3.05, 3.63) is 34.9 Å². The molecule has 1 atom stereocenters. The van der Waals surface area contributed by atoms with Crippen LogP contribution in [0.3, 0.4) is 0 Å². The highest BCUT2D eigenvalue weighted by Crippen LogP contribution is 2.22. The first-order valence-electron chi connectivity index (χ1n) is 8.61. The van der Waals surface area contributed by atoms with Gasteiger partial charge < -0.3 is 5.32 Å². The number of nitrogens with zero attached hydrogens (tertiary/aromatic N) is 1. The van der Waals surface area contributed by atoms with Crippen LogP contribution in [0.15, 0.2) is 18.2 Å². The lowest BCUT2D eigenvalue weighted by Gasteiger charge is -2.35. The molecule has 0 spiro atoms. The molecule has 1 aromatic carbocycles. The lowest BCUT2D eigenvalue weighted by atomic mass is 9.90. The fourth-order valence-corrected chi connectivity index (χ4v) is 3.57. The Labute approximate surface area is 130 Å². The topological polar surface area (TPSA) is 15.3 Å². The molecule has 118 valence electrons. The molecule has 21 heavy (non-hydrogen) atoms. The highest BCUT2D eigenvalue weighted by atomic mass is 15.1. The van der Waals surface area contributed by atoms with Crippen LogP contribution in [-0.2, 0) is 6.54 Å². The van der Waals surface area contributed by atoms with Crippen LogP contribution >= 0.6 is 0 Å². The first kappa shape index (κ1) is 16.5. The van der Waals surface area contributed by atoms with Gasteiger partial charge in [0.15, 0.2) is 0 Å². The van der Waals surface area contributed by atoms with E-state index in [4.69, 9.17) is 0 Å². The molecule has 2 rings (SSSR count). The number of likely N-dealkylation sites (tertiary alicyclic amines) is 1. The van der Waals surface area contributed by atoms with E-state index in [0.717, 1.165) is 19.0 Å². The quantitative estimate of drug-likeness (QED) is 0.854. The number of nitrogens with one attached hydrogen (secondary N) is 1. The van der Waals surface area contributed by atoms with Gasteiger partial charge in [-0.25, -0.2) is 0 Å². The maximum Gasteiger partial charge on any atom is 0.0233 e. The first-order chi connectivity index (χ1) is 10.1. The Morgan fingerprint density at radius 3 is 2.33 bits per heavy atom. The largest absolute Gasteiger partial charge is 0.314 e. The predicted molar refractivity (Wildman–Crippen MR) is 91.7 cm³/mol. The predicted octanol–water partition coefficient (Wildman–Crippen LogP) is 3.90. The molecule has 0 amide bonds. The summed E-state index contributed by atoms with van der Waals surface area (Å²) in [4.78, 5) is 2.62. The molecule has 2 nitrogen and oxygen atoms in total. The van der Waals surface area contributed by atoms with Gasteiger partial charge in [-0.3, -0.25) is 4.90 Å². The molecule has 1 fully saturated rings. The molecular weight excluding hydrogens is 256 g/mol. The summed E-state index contributed by atoms with van der Waals surface area (Å²) in [5, 5.41) is 3.66. The van der Waals surface area contributed by atoms with E-state index in [1.165, 1.54) is 49.0 Å². The summed E-state index contributed by atoms with van der Waals surface area (Å²) >= 11 is 0. The Hall–Kier alpha value is -0.860. The van der Waals surface area contributed by atoms with Gasteiger partial charge in [0.05, 0.1) is 0 Å². The van der Waals surface area contributed by atoms with E-state index in [1.807, 2.05) is 0 Å². The van der Waals surface area contributed by atoms with Crippen LogP contribution in [0.2, 0.25) is 0 Å². The van der Waals surface area contributed by atoms with E-state index in [2.05, 4.69) is 56.1 Å².